The predicted octanol–water partition coefficient (Wildman–Crippen LogP) is 6.31. The van der Waals surface area contributed by atoms with Gasteiger partial charge < -0.3 is 4.43 Å². The monoisotopic (exact) mass is 332 g/mol. The van der Waals surface area contributed by atoms with Crippen molar-refractivity contribution in [1.82, 2.24) is 0 Å². The summed E-state index contributed by atoms with van der Waals surface area (Å²) in [6, 6.07) is 16.4. The van der Waals surface area contributed by atoms with E-state index in [9.17, 15) is 0 Å². The molecule has 0 aromatic heterocycles. The van der Waals surface area contributed by atoms with Crippen LogP contribution in [0.3, 0.4) is 0 Å². The predicted molar refractivity (Wildman–Crippen MR) is 98.5 cm³/mol. The third-order valence-electron chi connectivity index (χ3n) is 4.45. The van der Waals surface area contributed by atoms with Crippen LogP contribution in [0.4, 0.5) is 0 Å². The fourth-order valence-electron chi connectivity index (χ4n) is 1.98. The van der Waals surface area contributed by atoms with Gasteiger partial charge in [0.15, 0.2) is 0 Å². The first-order chi connectivity index (χ1) is 10.2. The van der Waals surface area contributed by atoms with E-state index in [0.717, 1.165) is 22.8 Å². The first-order valence-electron chi connectivity index (χ1n) is 7.70. The highest BCUT2D eigenvalue weighted by molar-refractivity contribution is 6.74. The maximum absolute atomic E-state index is 6.31. The third kappa shape index (κ3) is 4.14. The van der Waals surface area contributed by atoms with E-state index in [1.165, 1.54) is 5.56 Å². The molecule has 0 atom stereocenters. The maximum atomic E-state index is 6.31. The summed E-state index contributed by atoms with van der Waals surface area (Å²) >= 11 is 6.22. The van der Waals surface area contributed by atoms with Crippen molar-refractivity contribution in [2.45, 2.75) is 45.3 Å². The molecule has 0 N–H and O–H groups in total. The lowest BCUT2D eigenvalue weighted by atomic mass is 10.1. The SMILES string of the molecule is CC(C)(C)[Si](C)(C)Oc1ccc(Cc2ccccc2Cl)cc1. The van der Waals surface area contributed by atoms with Crippen molar-refractivity contribution in [2.75, 3.05) is 0 Å². The lowest BCUT2D eigenvalue weighted by Gasteiger charge is -2.36. The Balaban J connectivity index is 2.10. The van der Waals surface area contributed by atoms with Crippen molar-refractivity contribution in [1.29, 1.82) is 0 Å². The Kier molecular flexibility index (Phi) is 5.03. The quantitative estimate of drug-likeness (QED) is 0.596. The summed E-state index contributed by atoms with van der Waals surface area (Å²) in [7, 11) is -1.77. The van der Waals surface area contributed by atoms with Crippen LogP contribution in [0.15, 0.2) is 48.5 Å². The van der Waals surface area contributed by atoms with Gasteiger partial charge in [-0.05, 0) is 53.9 Å². The minimum atomic E-state index is -1.77. The van der Waals surface area contributed by atoms with Gasteiger partial charge in [0.25, 0.3) is 0 Å². The van der Waals surface area contributed by atoms with E-state index in [1.54, 1.807) is 0 Å². The Morgan fingerprint density at radius 2 is 1.55 bits per heavy atom. The molecule has 22 heavy (non-hydrogen) atoms. The number of hydrogen-bond donors (Lipinski definition) is 0. The molecule has 0 spiro atoms. The van der Waals surface area contributed by atoms with Crippen LogP contribution in [0, 0.1) is 0 Å². The summed E-state index contributed by atoms with van der Waals surface area (Å²) in [6.07, 6.45) is 0.847. The van der Waals surface area contributed by atoms with E-state index in [1.807, 2.05) is 18.2 Å². The molecular weight excluding hydrogens is 308 g/mol. The number of hydrogen-bond acceptors (Lipinski definition) is 1. The zero-order valence-corrected chi connectivity index (χ0v) is 15.9. The molecule has 0 saturated heterocycles. The molecule has 0 saturated carbocycles. The van der Waals surface area contributed by atoms with Crippen LogP contribution in [0.5, 0.6) is 5.75 Å². The Bertz CT molecular complexity index is 627. The summed E-state index contributed by atoms with van der Waals surface area (Å²) < 4.78 is 6.31. The number of halogens is 1. The van der Waals surface area contributed by atoms with Crippen LogP contribution in [0.25, 0.3) is 0 Å². The lowest BCUT2D eigenvalue weighted by molar-refractivity contribution is 0.492. The first-order valence-corrected chi connectivity index (χ1v) is 11.0. The second-order valence-electron chi connectivity index (χ2n) is 7.27. The van der Waals surface area contributed by atoms with Gasteiger partial charge in [0.05, 0.1) is 0 Å². The topological polar surface area (TPSA) is 9.23 Å². The van der Waals surface area contributed by atoms with Gasteiger partial charge in [0.1, 0.15) is 5.75 Å². The summed E-state index contributed by atoms with van der Waals surface area (Å²) in [5.41, 5.74) is 2.40. The molecule has 0 unspecified atom stereocenters. The summed E-state index contributed by atoms with van der Waals surface area (Å²) in [5.74, 6) is 0.967. The molecular formula is C19H25ClOSi. The fourth-order valence-corrected chi connectivity index (χ4v) is 3.22. The molecule has 3 heteroatoms. The van der Waals surface area contributed by atoms with Gasteiger partial charge in [-0.3, -0.25) is 0 Å². The van der Waals surface area contributed by atoms with Gasteiger partial charge in [0, 0.05) is 5.02 Å². The van der Waals surface area contributed by atoms with Gasteiger partial charge in [0.2, 0.25) is 8.32 Å². The molecule has 1 nitrogen and oxygen atoms in total. The van der Waals surface area contributed by atoms with Gasteiger partial charge in [-0.1, -0.05) is 62.7 Å². The molecule has 0 heterocycles. The summed E-state index contributed by atoms with van der Waals surface area (Å²) in [4.78, 5) is 0. The normalized spacial score (nSPS) is 12.3. The van der Waals surface area contributed by atoms with Crippen LogP contribution in [0.1, 0.15) is 31.9 Å². The maximum Gasteiger partial charge on any atom is 0.250 e. The van der Waals surface area contributed by atoms with E-state index in [4.69, 9.17) is 16.0 Å². The van der Waals surface area contributed by atoms with E-state index in [2.05, 4.69) is 64.2 Å². The summed E-state index contributed by atoms with van der Waals surface area (Å²) in [5, 5.41) is 1.03. The van der Waals surface area contributed by atoms with Crippen LogP contribution < -0.4 is 4.43 Å². The van der Waals surface area contributed by atoms with Crippen molar-refractivity contribution in [3.05, 3.63) is 64.7 Å². The molecule has 0 fully saturated rings. The molecule has 0 bridgehead atoms. The van der Waals surface area contributed by atoms with Crippen molar-refractivity contribution in [2.24, 2.45) is 0 Å². The average molecular weight is 333 g/mol. The zero-order chi connectivity index (χ0) is 16.4. The average Bonchev–Trinajstić information content (AvgIpc) is 2.42. The summed E-state index contributed by atoms with van der Waals surface area (Å²) in [6.45, 7) is 11.3. The molecule has 0 aliphatic carbocycles. The molecule has 2 aromatic rings. The van der Waals surface area contributed by atoms with Crippen molar-refractivity contribution in [3.8, 4) is 5.75 Å². The Morgan fingerprint density at radius 1 is 0.955 bits per heavy atom. The lowest BCUT2D eigenvalue weighted by Crippen LogP contribution is -2.43. The first kappa shape index (κ1) is 17.1. The van der Waals surface area contributed by atoms with Gasteiger partial charge in [-0.15, -0.1) is 0 Å². The highest BCUT2D eigenvalue weighted by Crippen LogP contribution is 2.37. The minimum Gasteiger partial charge on any atom is -0.544 e. The van der Waals surface area contributed by atoms with Gasteiger partial charge >= 0.3 is 0 Å². The minimum absolute atomic E-state index is 0.212. The number of benzene rings is 2. The second kappa shape index (κ2) is 6.47. The highest BCUT2D eigenvalue weighted by atomic mass is 35.5. The molecule has 2 aromatic carbocycles. The molecule has 0 radical (unpaired) electrons. The second-order valence-corrected chi connectivity index (χ2v) is 12.4. The van der Waals surface area contributed by atoms with Crippen LogP contribution >= 0.6 is 11.6 Å². The van der Waals surface area contributed by atoms with E-state index < -0.39 is 8.32 Å². The van der Waals surface area contributed by atoms with Crippen LogP contribution in [-0.4, -0.2) is 8.32 Å². The third-order valence-corrected chi connectivity index (χ3v) is 9.18. The van der Waals surface area contributed by atoms with Gasteiger partial charge in [-0.2, -0.15) is 0 Å². The largest absolute Gasteiger partial charge is 0.544 e. The standard InChI is InChI=1S/C19H25ClOSi/c1-19(2,3)22(4,5)21-17-12-10-15(11-13-17)14-16-8-6-7-9-18(16)20/h6-13H,14H2,1-5H3. The van der Waals surface area contributed by atoms with E-state index >= 15 is 0 Å². The highest BCUT2D eigenvalue weighted by Gasteiger charge is 2.38. The smallest absolute Gasteiger partial charge is 0.250 e. The Hall–Kier alpha value is -1.25. The van der Waals surface area contributed by atoms with Crippen molar-refractivity contribution >= 4 is 19.9 Å². The Morgan fingerprint density at radius 3 is 2.09 bits per heavy atom. The van der Waals surface area contributed by atoms with Gasteiger partial charge in [-0.25, -0.2) is 0 Å². The van der Waals surface area contributed by atoms with Crippen molar-refractivity contribution < 1.29 is 4.43 Å². The molecule has 0 amide bonds. The van der Waals surface area contributed by atoms with Crippen molar-refractivity contribution in [3.63, 3.8) is 0 Å². The van der Waals surface area contributed by atoms with E-state index in [0.29, 0.717) is 0 Å². The van der Waals surface area contributed by atoms with Crippen LogP contribution in [0.2, 0.25) is 23.2 Å². The zero-order valence-electron chi connectivity index (χ0n) is 14.1. The van der Waals surface area contributed by atoms with E-state index in [-0.39, 0.29) is 5.04 Å². The molecule has 2 rings (SSSR count). The molecule has 118 valence electrons. The number of rotatable bonds is 4. The molecule has 0 aliphatic rings. The Labute approximate surface area is 140 Å². The van der Waals surface area contributed by atoms with Crippen LogP contribution in [-0.2, 0) is 6.42 Å². The fraction of sp³-hybridized carbons (Fsp3) is 0.368. The molecule has 0 aliphatic heterocycles.